The van der Waals surface area contributed by atoms with Gasteiger partial charge in [-0.3, -0.25) is 0 Å². The minimum Gasteiger partial charge on any atom is -0.303 e. The molecule has 0 amide bonds. The quantitative estimate of drug-likeness (QED) is 0.668. The van der Waals surface area contributed by atoms with Gasteiger partial charge in [0.05, 0.1) is 0 Å². The second-order valence-corrected chi connectivity index (χ2v) is 6.28. The SMILES string of the molecule is CCCC1CCCN(CCC(C)CCS)CC1. The van der Waals surface area contributed by atoms with Crippen LogP contribution < -0.4 is 0 Å². The molecule has 2 unspecified atom stereocenters. The van der Waals surface area contributed by atoms with Crippen molar-refractivity contribution in [1.82, 2.24) is 4.90 Å². The van der Waals surface area contributed by atoms with Crippen molar-refractivity contribution in [2.75, 3.05) is 25.4 Å². The van der Waals surface area contributed by atoms with E-state index in [1.807, 2.05) is 0 Å². The van der Waals surface area contributed by atoms with Gasteiger partial charge in [0.15, 0.2) is 0 Å². The predicted molar refractivity (Wildman–Crippen MR) is 80.9 cm³/mol. The van der Waals surface area contributed by atoms with Crippen LogP contribution in [0.15, 0.2) is 0 Å². The standard InChI is InChI=1S/C15H31NS/c1-3-5-15-6-4-10-16(12-8-15)11-7-14(2)9-13-17/h14-15,17H,3-13H2,1-2H3. The van der Waals surface area contributed by atoms with Gasteiger partial charge in [0.1, 0.15) is 0 Å². The highest BCUT2D eigenvalue weighted by Crippen LogP contribution is 2.22. The fourth-order valence-corrected chi connectivity index (χ4v) is 3.35. The Morgan fingerprint density at radius 1 is 1.24 bits per heavy atom. The van der Waals surface area contributed by atoms with Crippen LogP contribution in [0.2, 0.25) is 0 Å². The molecule has 17 heavy (non-hydrogen) atoms. The minimum absolute atomic E-state index is 0.849. The molecule has 102 valence electrons. The van der Waals surface area contributed by atoms with Gasteiger partial charge in [0.2, 0.25) is 0 Å². The molecule has 0 aromatic carbocycles. The number of rotatable bonds is 7. The van der Waals surface area contributed by atoms with Crippen LogP contribution in [0.1, 0.15) is 58.8 Å². The highest BCUT2D eigenvalue weighted by atomic mass is 32.1. The zero-order valence-electron chi connectivity index (χ0n) is 11.8. The molecule has 0 spiro atoms. The Morgan fingerprint density at radius 2 is 2.06 bits per heavy atom. The zero-order valence-corrected chi connectivity index (χ0v) is 12.7. The number of hydrogen-bond donors (Lipinski definition) is 1. The van der Waals surface area contributed by atoms with Crippen LogP contribution >= 0.6 is 12.6 Å². The van der Waals surface area contributed by atoms with Crippen LogP contribution in [0.5, 0.6) is 0 Å². The summed E-state index contributed by atoms with van der Waals surface area (Å²) >= 11 is 4.32. The van der Waals surface area contributed by atoms with Gasteiger partial charge in [0, 0.05) is 0 Å². The Hall–Kier alpha value is 0.310. The summed E-state index contributed by atoms with van der Waals surface area (Å²) in [6, 6.07) is 0. The van der Waals surface area contributed by atoms with Gasteiger partial charge in [-0.05, 0) is 69.3 Å². The van der Waals surface area contributed by atoms with Gasteiger partial charge < -0.3 is 4.90 Å². The molecule has 0 aromatic heterocycles. The number of hydrogen-bond acceptors (Lipinski definition) is 2. The van der Waals surface area contributed by atoms with Crippen molar-refractivity contribution in [3.63, 3.8) is 0 Å². The van der Waals surface area contributed by atoms with E-state index < -0.39 is 0 Å². The average molecular weight is 257 g/mol. The molecule has 1 fully saturated rings. The maximum Gasteiger partial charge on any atom is -0.00161 e. The van der Waals surface area contributed by atoms with E-state index in [0.717, 1.165) is 17.6 Å². The van der Waals surface area contributed by atoms with E-state index in [0.29, 0.717) is 0 Å². The van der Waals surface area contributed by atoms with Crippen LogP contribution in [-0.4, -0.2) is 30.3 Å². The van der Waals surface area contributed by atoms with Gasteiger partial charge in [-0.1, -0.05) is 26.7 Å². The van der Waals surface area contributed by atoms with Crippen LogP contribution in [0.3, 0.4) is 0 Å². The first kappa shape index (κ1) is 15.4. The average Bonchev–Trinajstić information content (AvgIpc) is 2.53. The summed E-state index contributed by atoms with van der Waals surface area (Å²) < 4.78 is 0. The smallest absolute Gasteiger partial charge is 0.00161 e. The lowest BCUT2D eigenvalue weighted by atomic mass is 9.96. The second kappa shape index (κ2) is 9.27. The Morgan fingerprint density at radius 3 is 2.76 bits per heavy atom. The van der Waals surface area contributed by atoms with Gasteiger partial charge in [-0.15, -0.1) is 0 Å². The maximum atomic E-state index is 4.32. The lowest BCUT2D eigenvalue weighted by Crippen LogP contribution is -2.27. The molecule has 0 aliphatic carbocycles. The third-order valence-electron chi connectivity index (χ3n) is 4.20. The maximum absolute atomic E-state index is 4.32. The molecule has 0 N–H and O–H groups in total. The fourth-order valence-electron chi connectivity index (χ4n) is 2.91. The first-order valence-corrected chi connectivity index (χ1v) is 8.22. The topological polar surface area (TPSA) is 3.24 Å². The molecule has 0 saturated carbocycles. The molecule has 1 nitrogen and oxygen atoms in total. The Labute approximate surface area is 114 Å². The van der Waals surface area contributed by atoms with Crippen molar-refractivity contribution in [3.8, 4) is 0 Å². The van der Waals surface area contributed by atoms with Gasteiger partial charge in [0.25, 0.3) is 0 Å². The Kier molecular flexibility index (Phi) is 8.38. The molecular weight excluding hydrogens is 226 g/mol. The van der Waals surface area contributed by atoms with E-state index in [1.165, 1.54) is 64.6 Å². The van der Waals surface area contributed by atoms with Crippen molar-refractivity contribution in [3.05, 3.63) is 0 Å². The number of nitrogens with zero attached hydrogens (tertiary/aromatic N) is 1. The summed E-state index contributed by atoms with van der Waals surface area (Å²) in [5.74, 6) is 2.90. The monoisotopic (exact) mass is 257 g/mol. The van der Waals surface area contributed by atoms with Crippen molar-refractivity contribution in [2.24, 2.45) is 11.8 Å². The summed E-state index contributed by atoms with van der Waals surface area (Å²) in [5.41, 5.74) is 0. The Balaban J connectivity index is 2.17. The van der Waals surface area contributed by atoms with Crippen LogP contribution in [-0.2, 0) is 0 Å². The molecule has 0 aromatic rings. The second-order valence-electron chi connectivity index (χ2n) is 5.83. The fraction of sp³-hybridized carbons (Fsp3) is 1.00. The van der Waals surface area contributed by atoms with E-state index in [-0.39, 0.29) is 0 Å². The number of thiol groups is 1. The molecule has 0 radical (unpaired) electrons. The van der Waals surface area contributed by atoms with Gasteiger partial charge >= 0.3 is 0 Å². The third-order valence-corrected chi connectivity index (χ3v) is 4.46. The summed E-state index contributed by atoms with van der Waals surface area (Å²) in [6.45, 7) is 8.69. The van der Waals surface area contributed by atoms with Crippen molar-refractivity contribution >= 4 is 12.6 Å². The third kappa shape index (κ3) is 6.71. The first-order chi connectivity index (χ1) is 8.26. The van der Waals surface area contributed by atoms with Gasteiger partial charge in [-0.2, -0.15) is 12.6 Å². The molecule has 2 atom stereocenters. The van der Waals surface area contributed by atoms with Crippen molar-refractivity contribution < 1.29 is 0 Å². The van der Waals surface area contributed by atoms with Crippen LogP contribution in [0.4, 0.5) is 0 Å². The van der Waals surface area contributed by atoms with Gasteiger partial charge in [-0.25, -0.2) is 0 Å². The highest BCUT2D eigenvalue weighted by molar-refractivity contribution is 7.80. The molecule has 0 bridgehead atoms. The highest BCUT2D eigenvalue weighted by Gasteiger charge is 2.16. The van der Waals surface area contributed by atoms with Crippen molar-refractivity contribution in [1.29, 1.82) is 0 Å². The molecule has 1 rings (SSSR count). The Bertz CT molecular complexity index is 184. The lowest BCUT2D eigenvalue weighted by molar-refractivity contribution is 0.258. The summed E-state index contributed by atoms with van der Waals surface area (Å²) in [5, 5.41) is 0. The lowest BCUT2D eigenvalue weighted by Gasteiger charge is -2.22. The number of likely N-dealkylation sites (tertiary alicyclic amines) is 1. The normalized spacial score (nSPS) is 24.5. The molecule has 1 saturated heterocycles. The first-order valence-electron chi connectivity index (χ1n) is 7.59. The van der Waals surface area contributed by atoms with E-state index in [2.05, 4.69) is 31.4 Å². The van der Waals surface area contributed by atoms with E-state index in [1.54, 1.807) is 0 Å². The van der Waals surface area contributed by atoms with E-state index in [9.17, 15) is 0 Å². The molecular formula is C15H31NS. The van der Waals surface area contributed by atoms with E-state index >= 15 is 0 Å². The summed E-state index contributed by atoms with van der Waals surface area (Å²) in [4.78, 5) is 2.70. The van der Waals surface area contributed by atoms with E-state index in [4.69, 9.17) is 0 Å². The molecule has 1 aliphatic rings. The minimum atomic E-state index is 0.849. The van der Waals surface area contributed by atoms with Crippen LogP contribution in [0.25, 0.3) is 0 Å². The largest absolute Gasteiger partial charge is 0.303 e. The van der Waals surface area contributed by atoms with Crippen molar-refractivity contribution in [2.45, 2.75) is 58.8 Å². The zero-order chi connectivity index (χ0) is 12.5. The summed E-state index contributed by atoms with van der Waals surface area (Å²) in [6.07, 6.45) is 9.78. The predicted octanol–water partition coefficient (Wildman–Crippen LogP) is 4.23. The van der Waals surface area contributed by atoms with Crippen LogP contribution in [0, 0.1) is 11.8 Å². The molecule has 2 heteroatoms. The summed E-state index contributed by atoms with van der Waals surface area (Å²) in [7, 11) is 0. The molecule has 1 aliphatic heterocycles. The molecule has 1 heterocycles.